The molecule has 2 aromatic rings. The normalized spacial score (nSPS) is 19.0. The van der Waals surface area contributed by atoms with Gasteiger partial charge in [0.15, 0.2) is 5.78 Å². The first-order chi connectivity index (χ1) is 12.2. The largest absolute Gasteiger partial charge is 0.376 e. The van der Waals surface area contributed by atoms with E-state index < -0.39 is 0 Å². The summed E-state index contributed by atoms with van der Waals surface area (Å²) in [7, 11) is 0. The van der Waals surface area contributed by atoms with Crippen molar-refractivity contribution in [2.24, 2.45) is 0 Å². The van der Waals surface area contributed by atoms with Crippen LogP contribution in [-0.4, -0.2) is 50.4 Å². The molecule has 1 amide bonds. The third-order valence-corrected chi connectivity index (χ3v) is 5.24. The Bertz CT molecular complexity index is 816. The molecule has 0 spiro atoms. The summed E-state index contributed by atoms with van der Waals surface area (Å²) in [6.07, 6.45) is 2.53. The van der Waals surface area contributed by atoms with E-state index in [-0.39, 0.29) is 23.5 Å². The van der Waals surface area contributed by atoms with E-state index in [0.717, 1.165) is 30.7 Å². The molecule has 0 bridgehead atoms. The number of rotatable bonds is 6. The van der Waals surface area contributed by atoms with E-state index in [1.807, 2.05) is 0 Å². The van der Waals surface area contributed by atoms with Gasteiger partial charge in [0.2, 0.25) is 11.1 Å². The van der Waals surface area contributed by atoms with Crippen molar-refractivity contribution >= 4 is 29.1 Å². The van der Waals surface area contributed by atoms with Gasteiger partial charge < -0.3 is 10.1 Å². The fourth-order valence-electron chi connectivity index (χ4n) is 3.01. The van der Waals surface area contributed by atoms with E-state index in [2.05, 4.69) is 20.8 Å². The fraction of sp³-hybridized carbons (Fsp3) is 0.438. The number of ketones is 1. The fourth-order valence-corrected chi connectivity index (χ4v) is 3.79. The number of anilines is 1. The second-order valence-corrected chi connectivity index (χ2v) is 7.03. The Labute approximate surface area is 148 Å². The lowest BCUT2D eigenvalue weighted by atomic mass is 10.1. The highest BCUT2D eigenvalue weighted by Gasteiger charge is 2.21. The average molecular weight is 359 g/mol. The van der Waals surface area contributed by atoms with E-state index >= 15 is 0 Å². The van der Waals surface area contributed by atoms with Gasteiger partial charge in [-0.1, -0.05) is 11.8 Å². The zero-order valence-corrected chi connectivity index (χ0v) is 14.3. The maximum Gasteiger partial charge on any atom is 0.228 e. The number of Topliss-reactive ketones (excluding diaryl/α,β-unsaturated/α-hetero) is 1. The van der Waals surface area contributed by atoms with Crippen molar-refractivity contribution in [2.75, 3.05) is 17.7 Å². The molecule has 2 aliphatic heterocycles. The number of hydrogen-bond donors (Lipinski definition) is 1. The Morgan fingerprint density at radius 2 is 2.36 bits per heavy atom. The minimum absolute atomic E-state index is 0.0150. The molecule has 1 atom stereocenters. The predicted octanol–water partition coefficient (Wildman–Crippen LogP) is 1.32. The number of carbonyl (C=O) groups excluding carboxylic acids is 2. The Kier molecular flexibility index (Phi) is 4.50. The Morgan fingerprint density at radius 1 is 1.44 bits per heavy atom. The molecule has 0 aliphatic carbocycles. The Hall–Kier alpha value is -2.26. The van der Waals surface area contributed by atoms with E-state index in [4.69, 9.17) is 4.74 Å². The van der Waals surface area contributed by atoms with Crippen LogP contribution in [0.1, 0.15) is 28.8 Å². The number of ether oxygens (including phenoxy) is 1. The van der Waals surface area contributed by atoms with Gasteiger partial charge >= 0.3 is 0 Å². The molecule has 130 valence electrons. The predicted molar refractivity (Wildman–Crippen MR) is 90.6 cm³/mol. The van der Waals surface area contributed by atoms with Gasteiger partial charge in [-0.25, -0.2) is 4.68 Å². The lowest BCUT2D eigenvalue weighted by Gasteiger charge is -2.09. The standard InChI is InChI=1S/C16H17N5O3S/c22-14(10-3-4-13-11(6-10)7-15(23)17-13)9-25-16-18-19-20-21(16)8-12-2-1-5-24-12/h3-4,6,12H,1-2,5,7-9H2,(H,17,23). The van der Waals surface area contributed by atoms with Crippen LogP contribution in [0, 0.1) is 0 Å². The van der Waals surface area contributed by atoms with Crippen molar-refractivity contribution in [2.45, 2.75) is 37.1 Å². The van der Waals surface area contributed by atoms with Crippen LogP contribution in [0.4, 0.5) is 5.69 Å². The SMILES string of the molecule is O=C1Cc2cc(C(=O)CSc3nnnn3CC3CCCO3)ccc2N1. The third-order valence-electron chi connectivity index (χ3n) is 4.28. The van der Waals surface area contributed by atoms with Gasteiger partial charge in [0.05, 0.1) is 24.8 Å². The summed E-state index contributed by atoms with van der Waals surface area (Å²) in [6.45, 7) is 1.39. The number of nitrogens with zero attached hydrogens (tertiary/aromatic N) is 4. The van der Waals surface area contributed by atoms with Crippen LogP contribution < -0.4 is 5.32 Å². The lowest BCUT2D eigenvalue weighted by molar-refractivity contribution is -0.115. The highest BCUT2D eigenvalue weighted by molar-refractivity contribution is 7.99. The monoisotopic (exact) mass is 359 g/mol. The molecule has 0 saturated carbocycles. The first-order valence-corrected chi connectivity index (χ1v) is 9.14. The van der Waals surface area contributed by atoms with E-state index in [9.17, 15) is 9.59 Å². The first-order valence-electron chi connectivity index (χ1n) is 8.15. The van der Waals surface area contributed by atoms with Crippen LogP contribution in [0.2, 0.25) is 0 Å². The molecule has 1 N–H and O–H groups in total. The van der Waals surface area contributed by atoms with Gasteiger partial charge in [0.25, 0.3) is 0 Å². The number of nitrogens with one attached hydrogen (secondary N) is 1. The van der Waals surface area contributed by atoms with Gasteiger partial charge in [0, 0.05) is 17.9 Å². The number of hydrogen-bond acceptors (Lipinski definition) is 7. The summed E-state index contributed by atoms with van der Waals surface area (Å²) in [5.74, 6) is 0.188. The molecule has 1 aromatic heterocycles. The summed E-state index contributed by atoms with van der Waals surface area (Å²) in [5, 5.41) is 15.1. The molecule has 8 nitrogen and oxygen atoms in total. The smallest absolute Gasteiger partial charge is 0.228 e. The molecule has 2 aliphatic rings. The van der Waals surface area contributed by atoms with Gasteiger partial charge in [-0.3, -0.25) is 9.59 Å². The molecule has 1 fully saturated rings. The molecule has 25 heavy (non-hydrogen) atoms. The molecule has 0 radical (unpaired) electrons. The van der Waals surface area contributed by atoms with Crippen LogP contribution in [-0.2, 0) is 22.5 Å². The van der Waals surface area contributed by atoms with Crippen LogP contribution >= 0.6 is 11.8 Å². The zero-order valence-electron chi connectivity index (χ0n) is 13.5. The van der Waals surface area contributed by atoms with Crippen molar-refractivity contribution in [3.63, 3.8) is 0 Å². The molecule has 1 aromatic carbocycles. The number of benzene rings is 1. The molecule has 4 rings (SSSR count). The highest BCUT2D eigenvalue weighted by atomic mass is 32.2. The minimum Gasteiger partial charge on any atom is -0.376 e. The van der Waals surface area contributed by atoms with Crippen molar-refractivity contribution in [1.29, 1.82) is 0 Å². The van der Waals surface area contributed by atoms with E-state index in [1.54, 1.807) is 22.9 Å². The van der Waals surface area contributed by atoms with Crippen LogP contribution in [0.5, 0.6) is 0 Å². The zero-order chi connectivity index (χ0) is 17.2. The van der Waals surface area contributed by atoms with Gasteiger partial charge in [0.1, 0.15) is 0 Å². The third kappa shape index (κ3) is 3.57. The second-order valence-electron chi connectivity index (χ2n) is 6.09. The molecule has 1 saturated heterocycles. The first kappa shape index (κ1) is 16.2. The van der Waals surface area contributed by atoms with Gasteiger partial charge in [-0.05, 0) is 47.0 Å². The number of tetrazole rings is 1. The van der Waals surface area contributed by atoms with Gasteiger partial charge in [-0.15, -0.1) is 5.10 Å². The summed E-state index contributed by atoms with van der Waals surface area (Å²) >= 11 is 1.31. The molecular weight excluding hydrogens is 342 g/mol. The summed E-state index contributed by atoms with van der Waals surface area (Å²) in [6, 6.07) is 5.30. The number of thioether (sulfide) groups is 1. The minimum atomic E-state index is -0.0396. The average Bonchev–Trinajstić information content (AvgIpc) is 3.33. The number of aromatic nitrogens is 4. The van der Waals surface area contributed by atoms with Crippen LogP contribution in [0.25, 0.3) is 0 Å². The summed E-state index contributed by atoms with van der Waals surface area (Å²) < 4.78 is 7.30. The number of fused-ring (bicyclic) bond motifs is 1. The lowest BCUT2D eigenvalue weighted by Crippen LogP contribution is -2.17. The molecule has 3 heterocycles. The van der Waals surface area contributed by atoms with Crippen molar-refractivity contribution in [3.8, 4) is 0 Å². The molecule has 1 unspecified atom stereocenters. The molecular formula is C16H17N5O3S. The quantitative estimate of drug-likeness (QED) is 0.613. The summed E-state index contributed by atoms with van der Waals surface area (Å²) in [5.41, 5.74) is 2.25. The van der Waals surface area contributed by atoms with Crippen molar-refractivity contribution in [1.82, 2.24) is 20.2 Å². The van der Waals surface area contributed by atoms with Crippen LogP contribution in [0.3, 0.4) is 0 Å². The second kappa shape index (κ2) is 6.93. The van der Waals surface area contributed by atoms with E-state index in [0.29, 0.717) is 23.7 Å². The van der Waals surface area contributed by atoms with Crippen LogP contribution in [0.15, 0.2) is 23.4 Å². The Balaban J connectivity index is 1.39. The van der Waals surface area contributed by atoms with Gasteiger partial charge in [-0.2, -0.15) is 0 Å². The maximum absolute atomic E-state index is 12.4. The number of carbonyl (C=O) groups is 2. The topological polar surface area (TPSA) is 99.0 Å². The maximum atomic E-state index is 12.4. The summed E-state index contributed by atoms with van der Waals surface area (Å²) in [4.78, 5) is 23.9. The van der Waals surface area contributed by atoms with Crippen molar-refractivity contribution < 1.29 is 14.3 Å². The highest BCUT2D eigenvalue weighted by Crippen LogP contribution is 2.25. The Morgan fingerprint density at radius 3 is 3.20 bits per heavy atom. The van der Waals surface area contributed by atoms with Crippen molar-refractivity contribution in [3.05, 3.63) is 29.3 Å². The molecule has 9 heteroatoms. The van der Waals surface area contributed by atoms with E-state index in [1.165, 1.54) is 11.8 Å². The number of amides is 1.